The van der Waals surface area contributed by atoms with Crippen molar-refractivity contribution in [3.8, 4) is 0 Å². The number of carboxylic acids is 1. The average molecular weight is 308 g/mol. The third-order valence-electron chi connectivity index (χ3n) is 4.48. The molecule has 1 aliphatic carbocycles. The summed E-state index contributed by atoms with van der Waals surface area (Å²) in [6, 6.07) is 2.15. The summed E-state index contributed by atoms with van der Waals surface area (Å²) >= 11 is 1.63. The first-order chi connectivity index (χ1) is 10.1. The van der Waals surface area contributed by atoms with Crippen LogP contribution in [0.3, 0.4) is 0 Å². The lowest BCUT2D eigenvalue weighted by Gasteiger charge is -2.31. The minimum absolute atomic E-state index is 0.0000463. The summed E-state index contributed by atoms with van der Waals surface area (Å²) in [5.74, 6) is -1.23. The summed E-state index contributed by atoms with van der Waals surface area (Å²) in [6.07, 6.45) is 2.67. The van der Waals surface area contributed by atoms with Gasteiger partial charge in [0.15, 0.2) is 0 Å². The van der Waals surface area contributed by atoms with Gasteiger partial charge in [0.05, 0.1) is 5.92 Å². The molecule has 0 spiro atoms. The van der Waals surface area contributed by atoms with E-state index in [1.807, 2.05) is 23.3 Å². The topological polar surface area (TPSA) is 60.9 Å². The van der Waals surface area contributed by atoms with Crippen molar-refractivity contribution >= 4 is 23.3 Å². The van der Waals surface area contributed by atoms with Gasteiger partial charge in [0.1, 0.15) is 0 Å². The number of rotatable bonds is 4. The summed E-state index contributed by atoms with van der Waals surface area (Å²) in [7, 11) is 0. The fourth-order valence-electron chi connectivity index (χ4n) is 3.02. The lowest BCUT2D eigenvalue weighted by molar-refractivity contribution is -0.142. The van der Waals surface area contributed by atoms with Crippen LogP contribution in [0.25, 0.3) is 0 Å². The molecule has 2 heterocycles. The van der Waals surface area contributed by atoms with E-state index in [4.69, 9.17) is 0 Å². The molecule has 6 heteroatoms. The first kappa shape index (κ1) is 14.4. The van der Waals surface area contributed by atoms with Crippen LogP contribution in [0.5, 0.6) is 0 Å². The highest BCUT2D eigenvalue weighted by Crippen LogP contribution is 2.32. The van der Waals surface area contributed by atoms with E-state index in [-0.39, 0.29) is 12.1 Å². The molecule has 1 saturated heterocycles. The van der Waals surface area contributed by atoms with Crippen LogP contribution < -0.4 is 0 Å². The third kappa shape index (κ3) is 2.90. The first-order valence-electron chi connectivity index (χ1n) is 7.39. The maximum Gasteiger partial charge on any atom is 0.320 e. The lowest BCUT2D eigenvalue weighted by atomic mass is 10.0. The van der Waals surface area contributed by atoms with Crippen LogP contribution in [0.2, 0.25) is 0 Å². The molecule has 2 atom stereocenters. The van der Waals surface area contributed by atoms with Gasteiger partial charge >= 0.3 is 12.0 Å². The Bertz CT molecular complexity index is 527. The number of urea groups is 1. The lowest BCUT2D eigenvalue weighted by Crippen LogP contribution is -2.46. The standard InChI is InChI=1S/C15H20N2O3S/c1-10-13(14(18)19)4-6-16(10)15(20)17(12-2-3-12)8-11-5-7-21-9-11/h5,7,9-10,12-13H,2-4,6,8H2,1H3,(H,18,19). The Hall–Kier alpha value is -1.56. The van der Waals surface area contributed by atoms with Crippen LogP contribution in [0.4, 0.5) is 4.79 Å². The molecule has 3 rings (SSSR count). The normalized spacial score (nSPS) is 25.1. The monoisotopic (exact) mass is 308 g/mol. The second kappa shape index (κ2) is 5.67. The predicted octanol–water partition coefficient (Wildman–Crippen LogP) is 2.63. The van der Waals surface area contributed by atoms with E-state index < -0.39 is 11.9 Å². The molecule has 2 amide bonds. The van der Waals surface area contributed by atoms with Gasteiger partial charge in [0.2, 0.25) is 0 Å². The molecular formula is C15H20N2O3S. The van der Waals surface area contributed by atoms with E-state index in [9.17, 15) is 14.7 Å². The van der Waals surface area contributed by atoms with E-state index in [0.717, 1.165) is 18.4 Å². The van der Waals surface area contributed by atoms with Crippen molar-refractivity contribution in [2.45, 2.75) is 44.8 Å². The van der Waals surface area contributed by atoms with Crippen LogP contribution in [-0.2, 0) is 11.3 Å². The largest absolute Gasteiger partial charge is 0.481 e. The molecule has 1 aromatic rings. The fraction of sp³-hybridized carbons (Fsp3) is 0.600. The maximum atomic E-state index is 12.8. The summed E-state index contributed by atoms with van der Waals surface area (Å²) in [4.78, 5) is 27.7. The summed E-state index contributed by atoms with van der Waals surface area (Å²) < 4.78 is 0. The Morgan fingerprint density at radius 2 is 2.19 bits per heavy atom. The van der Waals surface area contributed by atoms with Crippen molar-refractivity contribution < 1.29 is 14.7 Å². The molecule has 114 valence electrons. The number of amides is 2. The summed E-state index contributed by atoms with van der Waals surface area (Å²) in [5.41, 5.74) is 1.15. The molecule has 2 aliphatic rings. The Balaban J connectivity index is 1.71. The Kier molecular flexibility index (Phi) is 3.89. The quantitative estimate of drug-likeness (QED) is 0.930. The van der Waals surface area contributed by atoms with Gasteiger partial charge in [-0.3, -0.25) is 4.79 Å². The number of hydrogen-bond acceptors (Lipinski definition) is 3. The number of aliphatic carboxylic acids is 1. The van der Waals surface area contributed by atoms with Gasteiger partial charge in [-0.05, 0) is 48.6 Å². The molecule has 0 aromatic carbocycles. The Labute approximate surface area is 128 Å². The molecule has 5 nitrogen and oxygen atoms in total. The van der Waals surface area contributed by atoms with Crippen molar-refractivity contribution in [2.75, 3.05) is 6.54 Å². The molecule has 0 bridgehead atoms. The Morgan fingerprint density at radius 3 is 2.71 bits per heavy atom. The van der Waals surface area contributed by atoms with Gasteiger partial charge in [-0.15, -0.1) is 0 Å². The van der Waals surface area contributed by atoms with E-state index in [2.05, 4.69) is 5.38 Å². The van der Waals surface area contributed by atoms with Crippen molar-refractivity contribution in [3.63, 3.8) is 0 Å². The van der Waals surface area contributed by atoms with Gasteiger partial charge in [-0.25, -0.2) is 4.79 Å². The summed E-state index contributed by atoms with van der Waals surface area (Å²) in [5, 5.41) is 13.3. The highest BCUT2D eigenvalue weighted by atomic mass is 32.1. The van der Waals surface area contributed by atoms with Crippen molar-refractivity contribution in [3.05, 3.63) is 22.4 Å². The molecule has 21 heavy (non-hydrogen) atoms. The van der Waals surface area contributed by atoms with E-state index in [1.165, 1.54) is 0 Å². The number of carbonyl (C=O) groups is 2. The van der Waals surface area contributed by atoms with Crippen LogP contribution in [-0.4, -0.2) is 45.5 Å². The van der Waals surface area contributed by atoms with Gasteiger partial charge in [0, 0.05) is 25.2 Å². The average Bonchev–Trinajstić information content (AvgIpc) is 3.01. The molecule has 1 saturated carbocycles. The third-order valence-corrected chi connectivity index (χ3v) is 5.22. The van der Waals surface area contributed by atoms with Crippen LogP contribution in [0, 0.1) is 5.92 Å². The SMILES string of the molecule is CC1C(C(=O)O)CCN1C(=O)N(Cc1ccsc1)C1CC1. The van der Waals surface area contributed by atoms with Crippen molar-refractivity contribution in [1.29, 1.82) is 0 Å². The van der Waals surface area contributed by atoms with Gasteiger partial charge in [0.25, 0.3) is 0 Å². The minimum Gasteiger partial charge on any atom is -0.481 e. The number of nitrogens with zero attached hydrogens (tertiary/aromatic N) is 2. The fourth-order valence-corrected chi connectivity index (χ4v) is 3.68. The molecule has 1 aliphatic heterocycles. The molecule has 2 fully saturated rings. The molecule has 0 radical (unpaired) electrons. The number of likely N-dealkylation sites (tertiary alicyclic amines) is 1. The van der Waals surface area contributed by atoms with E-state index in [1.54, 1.807) is 16.2 Å². The van der Waals surface area contributed by atoms with Gasteiger partial charge in [-0.1, -0.05) is 0 Å². The minimum atomic E-state index is -0.798. The zero-order valence-electron chi connectivity index (χ0n) is 12.1. The molecule has 1 N–H and O–H groups in total. The number of carbonyl (C=O) groups excluding carboxylic acids is 1. The van der Waals surface area contributed by atoms with E-state index >= 15 is 0 Å². The summed E-state index contributed by atoms with van der Waals surface area (Å²) in [6.45, 7) is 3.02. The smallest absolute Gasteiger partial charge is 0.320 e. The van der Waals surface area contributed by atoms with Gasteiger partial charge < -0.3 is 14.9 Å². The van der Waals surface area contributed by atoms with Gasteiger partial charge in [-0.2, -0.15) is 11.3 Å². The zero-order valence-corrected chi connectivity index (χ0v) is 12.9. The number of hydrogen-bond donors (Lipinski definition) is 1. The zero-order chi connectivity index (χ0) is 15.0. The molecule has 2 unspecified atom stereocenters. The van der Waals surface area contributed by atoms with Crippen LogP contribution in [0.15, 0.2) is 16.8 Å². The van der Waals surface area contributed by atoms with Crippen LogP contribution >= 0.6 is 11.3 Å². The molecule has 1 aromatic heterocycles. The number of thiophene rings is 1. The highest BCUT2D eigenvalue weighted by Gasteiger charge is 2.42. The van der Waals surface area contributed by atoms with E-state index in [0.29, 0.717) is 25.6 Å². The van der Waals surface area contributed by atoms with Crippen molar-refractivity contribution in [1.82, 2.24) is 9.80 Å². The maximum absolute atomic E-state index is 12.8. The van der Waals surface area contributed by atoms with Crippen molar-refractivity contribution in [2.24, 2.45) is 5.92 Å². The Morgan fingerprint density at radius 1 is 1.43 bits per heavy atom. The predicted molar refractivity (Wildman–Crippen MR) is 80.2 cm³/mol. The van der Waals surface area contributed by atoms with Crippen LogP contribution in [0.1, 0.15) is 31.7 Å². The first-order valence-corrected chi connectivity index (χ1v) is 8.33. The number of carboxylic acid groups (broad SMARTS) is 1. The molecular weight excluding hydrogens is 288 g/mol. The highest BCUT2D eigenvalue weighted by molar-refractivity contribution is 7.07. The second-order valence-electron chi connectivity index (χ2n) is 5.94. The second-order valence-corrected chi connectivity index (χ2v) is 6.72.